The SMILES string of the molecule is CCOC1CC(N)(C(=O)NC(Cc2ccccc2)C(=O)OC)C1(C)C. The first-order valence-electron chi connectivity index (χ1n) is 8.59. The van der Waals surface area contributed by atoms with E-state index in [1.54, 1.807) is 0 Å². The zero-order valence-electron chi connectivity index (χ0n) is 15.4. The predicted octanol–water partition coefficient (Wildman–Crippen LogP) is 1.42. The Hall–Kier alpha value is -1.92. The van der Waals surface area contributed by atoms with Crippen molar-refractivity contribution >= 4 is 11.9 Å². The van der Waals surface area contributed by atoms with Gasteiger partial charge in [0.05, 0.1) is 13.2 Å². The molecule has 1 aliphatic rings. The van der Waals surface area contributed by atoms with Gasteiger partial charge in [-0.25, -0.2) is 4.79 Å². The van der Waals surface area contributed by atoms with Crippen LogP contribution in [0.5, 0.6) is 0 Å². The van der Waals surface area contributed by atoms with Gasteiger partial charge in [0.15, 0.2) is 0 Å². The van der Waals surface area contributed by atoms with Crippen LogP contribution in [0.25, 0.3) is 0 Å². The largest absolute Gasteiger partial charge is 0.467 e. The molecular weight excluding hydrogens is 320 g/mol. The first-order valence-corrected chi connectivity index (χ1v) is 8.59. The van der Waals surface area contributed by atoms with Crippen LogP contribution in [0, 0.1) is 5.41 Å². The average Bonchev–Trinajstić information content (AvgIpc) is 2.60. The summed E-state index contributed by atoms with van der Waals surface area (Å²) in [6.07, 6.45) is 0.711. The van der Waals surface area contributed by atoms with Gasteiger partial charge in [-0.15, -0.1) is 0 Å². The third kappa shape index (κ3) is 3.70. The van der Waals surface area contributed by atoms with E-state index < -0.39 is 23.0 Å². The Bertz CT molecular complexity index is 617. The van der Waals surface area contributed by atoms with E-state index in [0.717, 1.165) is 5.56 Å². The van der Waals surface area contributed by atoms with E-state index in [1.165, 1.54) is 7.11 Å². The second-order valence-corrected chi connectivity index (χ2v) is 7.08. The fraction of sp³-hybridized carbons (Fsp3) is 0.579. The van der Waals surface area contributed by atoms with Gasteiger partial charge in [-0.1, -0.05) is 44.2 Å². The Labute approximate surface area is 149 Å². The molecule has 0 spiro atoms. The van der Waals surface area contributed by atoms with Gasteiger partial charge in [0.1, 0.15) is 11.6 Å². The number of benzene rings is 1. The van der Waals surface area contributed by atoms with Crippen LogP contribution in [0.4, 0.5) is 0 Å². The van der Waals surface area contributed by atoms with Gasteiger partial charge in [0.2, 0.25) is 5.91 Å². The first-order chi connectivity index (χ1) is 11.8. The first kappa shape index (κ1) is 19.4. The molecule has 1 amide bonds. The van der Waals surface area contributed by atoms with E-state index in [-0.39, 0.29) is 12.0 Å². The maximum absolute atomic E-state index is 12.8. The van der Waals surface area contributed by atoms with Crippen LogP contribution in [0.15, 0.2) is 30.3 Å². The van der Waals surface area contributed by atoms with Crippen molar-refractivity contribution in [3.05, 3.63) is 35.9 Å². The normalized spacial score (nSPS) is 25.6. The summed E-state index contributed by atoms with van der Waals surface area (Å²) in [5, 5.41) is 2.78. The minimum atomic E-state index is -1.07. The van der Waals surface area contributed by atoms with Gasteiger partial charge in [-0.3, -0.25) is 4.79 Å². The van der Waals surface area contributed by atoms with E-state index in [2.05, 4.69) is 5.32 Å². The third-order valence-electron chi connectivity index (χ3n) is 5.31. The highest BCUT2D eigenvalue weighted by Gasteiger charge is 2.63. The Balaban J connectivity index is 2.11. The second kappa shape index (κ2) is 7.54. The Kier molecular flexibility index (Phi) is 5.85. The van der Waals surface area contributed by atoms with Crippen molar-refractivity contribution in [2.24, 2.45) is 11.1 Å². The Morgan fingerprint density at radius 3 is 2.48 bits per heavy atom. The van der Waals surface area contributed by atoms with Crippen molar-refractivity contribution in [2.45, 2.75) is 51.3 Å². The predicted molar refractivity (Wildman–Crippen MR) is 94.8 cm³/mol. The second-order valence-electron chi connectivity index (χ2n) is 7.08. The Morgan fingerprint density at radius 2 is 1.96 bits per heavy atom. The maximum atomic E-state index is 12.8. The van der Waals surface area contributed by atoms with E-state index in [1.807, 2.05) is 51.1 Å². The van der Waals surface area contributed by atoms with Gasteiger partial charge >= 0.3 is 5.97 Å². The molecule has 0 aromatic heterocycles. The van der Waals surface area contributed by atoms with Gasteiger partial charge in [0, 0.05) is 24.9 Å². The summed E-state index contributed by atoms with van der Waals surface area (Å²) >= 11 is 0. The lowest BCUT2D eigenvalue weighted by molar-refractivity contribution is -0.172. The van der Waals surface area contributed by atoms with Crippen LogP contribution in [0.2, 0.25) is 0 Å². The monoisotopic (exact) mass is 348 g/mol. The van der Waals surface area contributed by atoms with E-state index in [4.69, 9.17) is 15.2 Å². The summed E-state index contributed by atoms with van der Waals surface area (Å²) in [5.74, 6) is -0.834. The molecule has 3 atom stereocenters. The van der Waals surface area contributed by atoms with E-state index in [9.17, 15) is 9.59 Å². The average molecular weight is 348 g/mol. The number of methoxy groups -OCH3 is 1. The summed E-state index contributed by atoms with van der Waals surface area (Å²) in [5.41, 5.74) is 5.73. The number of hydrogen-bond acceptors (Lipinski definition) is 5. The molecule has 138 valence electrons. The van der Waals surface area contributed by atoms with Gasteiger partial charge < -0.3 is 20.5 Å². The lowest BCUT2D eigenvalue weighted by Gasteiger charge is -2.57. The molecule has 3 N–H and O–H groups in total. The zero-order valence-corrected chi connectivity index (χ0v) is 15.4. The van der Waals surface area contributed by atoms with Crippen molar-refractivity contribution in [3.63, 3.8) is 0 Å². The smallest absolute Gasteiger partial charge is 0.328 e. The van der Waals surface area contributed by atoms with Crippen LogP contribution in [-0.2, 0) is 25.5 Å². The summed E-state index contributed by atoms with van der Waals surface area (Å²) < 4.78 is 10.5. The quantitative estimate of drug-likeness (QED) is 0.727. The van der Waals surface area contributed by atoms with Crippen molar-refractivity contribution < 1.29 is 19.1 Å². The standard InChI is InChI=1S/C19H28N2O4/c1-5-25-15-12-19(20,18(15,2)3)17(23)21-14(16(22)24-4)11-13-9-7-6-8-10-13/h6-10,14-15H,5,11-12,20H2,1-4H3,(H,21,23). The minimum Gasteiger partial charge on any atom is -0.467 e. The number of carbonyl (C=O) groups excluding carboxylic acids is 2. The van der Waals surface area contributed by atoms with Crippen molar-refractivity contribution in [1.29, 1.82) is 0 Å². The van der Waals surface area contributed by atoms with Gasteiger partial charge in [-0.2, -0.15) is 0 Å². The number of amides is 1. The zero-order chi connectivity index (χ0) is 18.7. The molecule has 0 radical (unpaired) electrons. The highest BCUT2D eigenvalue weighted by Crippen LogP contribution is 2.49. The molecule has 0 bridgehead atoms. The molecule has 0 heterocycles. The van der Waals surface area contributed by atoms with Crippen LogP contribution in [0.1, 0.15) is 32.8 Å². The fourth-order valence-corrected chi connectivity index (χ4v) is 3.29. The molecule has 2 rings (SSSR count). The lowest BCUT2D eigenvalue weighted by Crippen LogP contribution is -2.76. The number of esters is 1. The molecule has 1 aliphatic carbocycles. The molecule has 1 saturated carbocycles. The molecule has 0 aliphatic heterocycles. The number of rotatable bonds is 7. The lowest BCUT2D eigenvalue weighted by atomic mass is 9.54. The summed E-state index contributed by atoms with van der Waals surface area (Å²) in [7, 11) is 1.31. The number of ether oxygens (including phenoxy) is 2. The van der Waals surface area contributed by atoms with E-state index in [0.29, 0.717) is 19.4 Å². The molecular formula is C19H28N2O4. The highest BCUT2D eigenvalue weighted by atomic mass is 16.5. The maximum Gasteiger partial charge on any atom is 0.328 e. The van der Waals surface area contributed by atoms with Crippen molar-refractivity contribution in [3.8, 4) is 0 Å². The highest BCUT2D eigenvalue weighted by molar-refractivity contribution is 5.92. The number of carbonyl (C=O) groups is 2. The van der Waals surface area contributed by atoms with Crippen LogP contribution >= 0.6 is 0 Å². The summed E-state index contributed by atoms with van der Waals surface area (Å²) in [6.45, 7) is 6.33. The van der Waals surface area contributed by atoms with E-state index >= 15 is 0 Å². The van der Waals surface area contributed by atoms with Crippen molar-refractivity contribution in [1.82, 2.24) is 5.32 Å². The minimum absolute atomic E-state index is 0.0704. The molecule has 6 heteroatoms. The van der Waals surface area contributed by atoms with Gasteiger partial charge in [0.25, 0.3) is 0 Å². The molecule has 1 aromatic rings. The van der Waals surface area contributed by atoms with Crippen LogP contribution in [0.3, 0.4) is 0 Å². The number of nitrogens with two attached hydrogens (primary N) is 1. The molecule has 25 heavy (non-hydrogen) atoms. The van der Waals surface area contributed by atoms with Crippen LogP contribution in [-0.4, -0.2) is 43.3 Å². The third-order valence-corrected chi connectivity index (χ3v) is 5.31. The number of nitrogens with one attached hydrogen (secondary N) is 1. The van der Waals surface area contributed by atoms with Crippen molar-refractivity contribution in [2.75, 3.05) is 13.7 Å². The molecule has 0 saturated heterocycles. The molecule has 6 nitrogen and oxygen atoms in total. The van der Waals surface area contributed by atoms with Crippen LogP contribution < -0.4 is 11.1 Å². The molecule has 3 unspecified atom stereocenters. The van der Waals surface area contributed by atoms with Gasteiger partial charge in [-0.05, 0) is 12.5 Å². The molecule has 1 aromatic carbocycles. The topological polar surface area (TPSA) is 90.6 Å². The number of hydrogen-bond donors (Lipinski definition) is 2. The summed E-state index contributed by atoms with van der Waals surface area (Å²) in [6, 6.07) is 8.70. The Morgan fingerprint density at radius 1 is 1.32 bits per heavy atom. The fourth-order valence-electron chi connectivity index (χ4n) is 3.29. The summed E-state index contributed by atoms with van der Waals surface area (Å²) in [4.78, 5) is 24.9. The molecule has 1 fully saturated rings.